The molecule has 1 N–H and O–H groups in total. The molecule has 1 aliphatic rings. The van der Waals surface area contributed by atoms with Crippen molar-refractivity contribution >= 4 is 14.4 Å². The summed E-state index contributed by atoms with van der Waals surface area (Å²) in [6, 6.07) is 4.02. The van der Waals surface area contributed by atoms with Crippen molar-refractivity contribution in [1.29, 1.82) is 0 Å². The smallest absolute Gasteiger partial charge is 0.412 e. The van der Waals surface area contributed by atoms with Crippen LogP contribution in [0, 0.1) is 5.82 Å². The van der Waals surface area contributed by atoms with Crippen molar-refractivity contribution in [2.75, 3.05) is 13.1 Å². The topological polar surface area (TPSA) is 59.0 Å². The van der Waals surface area contributed by atoms with Crippen LogP contribution in [0.3, 0.4) is 0 Å². The molecule has 0 spiro atoms. The first-order chi connectivity index (χ1) is 12.0. The third-order valence-corrected chi connectivity index (χ3v) is 9.82. The minimum atomic E-state index is -2.04. The van der Waals surface area contributed by atoms with Gasteiger partial charge in [0.1, 0.15) is 5.82 Å². The Morgan fingerprint density at radius 2 is 1.92 bits per heavy atom. The number of nitrogens with zero attached hydrogens (tertiary/aromatic N) is 1. The molecule has 1 aliphatic heterocycles. The third-order valence-electron chi connectivity index (χ3n) is 5.34. The molecule has 5 nitrogen and oxygen atoms in total. The van der Waals surface area contributed by atoms with E-state index in [2.05, 4.69) is 33.9 Å². The standard InChI is InChI=1S/C19H30FNO4Si/c1-19(2,3)26(4,5)24-13-14-12-15(20)8-9-16(14)17(22)25-18(23)21-10-6-7-11-21/h8-9,12,17,22H,6-7,10-11,13H2,1-5H3. The van der Waals surface area contributed by atoms with Gasteiger partial charge in [0.2, 0.25) is 6.29 Å². The van der Waals surface area contributed by atoms with E-state index in [9.17, 15) is 14.3 Å². The molecule has 26 heavy (non-hydrogen) atoms. The summed E-state index contributed by atoms with van der Waals surface area (Å²) >= 11 is 0. The first kappa shape index (κ1) is 20.9. The van der Waals surface area contributed by atoms with Crippen molar-refractivity contribution < 1.29 is 23.5 Å². The van der Waals surface area contributed by atoms with Crippen LogP contribution < -0.4 is 0 Å². The maximum absolute atomic E-state index is 13.7. The monoisotopic (exact) mass is 383 g/mol. The fraction of sp³-hybridized carbons (Fsp3) is 0.632. The van der Waals surface area contributed by atoms with Crippen molar-refractivity contribution in [3.8, 4) is 0 Å². The van der Waals surface area contributed by atoms with E-state index in [-0.39, 0.29) is 11.6 Å². The number of hydrogen-bond donors (Lipinski definition) is 1. The highest BCUT2D eigenvalue weighted by atomic mass is 28.4. The predicted molar refractivity (Wildman–Crippen MR) is 101 cm³/mol. The lowest BCUT2D eigenvalue weighted by Gasteiger charge is -2.36. The second-order valence-corrected chi connectivity index (χ2v) is 13.1. The van der Waals surface area contributed by atoms with Gasteiger partial charge in [-0.3, -0.25) is 0 Å². The van der Waals surface area contributed by atoms with Crippen LogP contribution in [-0.4, -0.2) is 37.5 Å². The molecule has 1 heterocycles. The highest BCUT2D eigenvalue weighted by molar-refractivity contribution is 6.74. The highest BCUT2D eigenvalue weighted by Crippen LogP contribution is 2.37. The van der Waals surface area contributed by atoms with Crippen molar-refractivity contribution in [2.45, 2.75) is 64.6 Å². The summed E-state index contributed by atoms with van der Waals surface area (Å²) in [5, 5.41) is 10.4. The Hall–Kier alpha value is -1.44. The Balaban J connectivity index is 2.12. The Labute approximate surface area is 156 Å². The molecule has 1 fully saturated rings. The van der Waals surface area contributed by atoms with Crippen LogP contribution in [0.15, 0.2) is 18.2 Å². The van der Waals surface area contributed by atoms with E-state index in [1.54, 1.807) is 4.90 Å². The van der Waals surface area contributed by atoms with Gasteiger partial charge < -0.3 is 19.2 Å². The molecule has 146 valence electrons. The number of halogens is 1. The van der Waals surface area contributed by atoms with Gasteiger partial charge in [-0.05, 0) is 54.7 Å². The van der Waals surface area contributed by atoms with E-state index in [0.717, 1.165) is 12.8 Å². The summed E-state index contributed by atoms with van der Waals surface area (Å²) < 4.78 is 25.0. The molecule has 0 aromatic heterocycles. The fourth-order valence-electron chi connectivity index (χ4n) is 2.55. The van der Waals surface area contributed by atoms with E-state index >= 15 is 0 Å². The maximum atomic E-state index is 13.7. The number of ether oxygens (including phenoxy) is 1. The number of carbonyl (C=O) groups is 1. The van der Waals surface area contributed by atoms with Crippen LogP contribution >= 0.6 is 0 Å². The summed E-state index contributed by atoms with van der Waals surface area (Å²) in [6.45, 7) is 12.0. The summed E-state index contributed by atoms with van der Waals surface area (Å²) in [4.78, 5) is 13.7. The van der Waals surface area contributed by atoms with E-state index in [4.69, 9.17) is 9.16 Å². The van der Waals surface area contributed by atoms with Crippen LogP contribution in [0.1, 0.15) is 51.0 Å². The average Bonchev–Trinajstić information content (AvgIpc) is 3.06. The highest BCUT2D eigenvalue weighted by Gasteiger charge is 2.37. The Morgan fingerprint density at radius 1 is 1.31 bits per heavy atom. The normalized spacial score (nSPS) is 16.7. The molecular weight excluding hydrogens is 353 g/mol. The minimum Gasteiger partial charge on any atom is -0.415 e. The minimum absolute atomic E-state index is 0.0152. The van der Waals surface area contributed by atoms with Gasteiger partial charge in [-0.2, -0.15) is 0 Å². The molecule has 0 aliphatic carbocycles. The third kappa shape index (κ3) is 5.05. The van der Waals surface area contributed by atoms with Crippen molar-refractivity contribution in [3.63, 3.8) is 0 Å². The van der Waals surface area contributed by atoms with Gasteiger partial charge in [-0.1, -0.05) is 20.8 Å². The number of rotatable bonds is 5. The van der Waals surface area contributed by atoms with Crippen LogP contribution in [0.25, 0.3) is 0 Å². The zero-order valence-electron chi connectivity index (χ0n) is 16.3. The number of amides is 1. The lowest BCUT2D eigenvalue weighted by Crippen LogP contribution is -2.40. The van der Waals surface area contributed by atoms with Crippen molar-refractivity contribution in [1.82, 2.24) is 4.90 Å². The van der Waals surface area contributed by atoms with Crippen LogP contribution in [0.2, 0.25) is 18.1 Å². The van der Waals surface area contributed by atoms with Crippen molar-refractivity contribution in [2.24, 2.45) is 0 Å². The average molecular weight is 384 g/mol. The molecule has 0 bridgehead atoms. The molecule has 1 aromatic rings. The van der Waals surface area contributed by atoms with E-state index in [0.29, 0.717) is 24.2 Å². The van der Waals surface area contributed by atoms with Crippen molar-refractivity contribution in [3.05, 3.63) is 35.1 Å². The second kappa shape index (κ2) is 8.06. The quantitative estimate of drug-likeness (QED) is 0.598. The molecule has 2 rings (SSSR count). The molecule has 1 unspecified atom stereocenters. The largest absolute Gasteiger partial charge is 0.415 e. The Bertz CT molecular complexity index is 639. The lowest BCUT2D eigenvalue weighted by atomic mass is 10.1. The summed E-state index contributed by atoms with van der Waals surface area (Å²) in [5.41, 5.74) is 0.856. The Kier molecular flexibility index (Phi) is 6.47. The number of likely N-dealkylation sites (tertiary alicyclic amines) is 1. The molecule has 1 amide bonds. The Morgan fingerprint density at radius 3 is 2.50 bits per heavy atom. The van der Waals surface area contributed by atoms with E-state index in [1.165, 1.54) is 18.2 Å². The number of benzene rings is 1. The number of carbonyl (C=O) groups excluding carboxylic acids is 1. The first-order valence-electron chi connectivity index (χ1n) is 9.07. The summed E-state index contributed by atoms with van der Waals surface area (Å²) in [5.74, 6) is -0.416. The second-order valence-electron chi connectivity index (χ2n) is 8.32. The SMILES string of the molecule is CC(C)(C)[Si](C)(C)OCc1cc(F)ccc1C(O)OC(=O)N1CCCC1. The van der Waals surface area contributed by atoms with Gasteiger partial charge >= 0.3 is 6.09 Å². The van der Waals surface area contributed by atoms with Gasteiger partial charge in [-0.15, -0.1) is 0 Å². The first-order valence-corrected chi connectivity index (χ1v) is 12.0. The predicted octanol–water partition coefficient (Wildman–Crippen LogP) is 4.57. The lowest BCUT2D eigenvalue weighted by molar-refractivity contribution is -0.0662. The van der Waals surface area contributed by atoms with Gasteiger partial charge in [-0.25, -0.2) is 9.18 Å². The zero-order chi connectivity index (χ0) is 19.5. The van der Waals surface area contributed by atoms with Gasteiger partial charge in [0.05, 0.1) is 6.61 Å². The van der Waals surface area contributed by atoms with E-state index in [1.807, 2.05) is 0 Å². The summed E-state index contributed by atoms with van der Waals surface area (Å²) in [6.07, 6.45) is -0.113. The molecule has 0 saturated carbocycles. The zero-order valence-corrected chi connectivity index (χ0v) is 17.3. The fourth-order valence-corrected chi connectivity index (χ4v) is 3.50. The van der Waals surface area contributed by atoms with Gasteiger partial charge in [0.25, 0.3) is 0 Å². The molecular formula is C19H30FNO4Si. The molecule has 1 aromatic carbocycles. The van der Waals surface area contributed by atoms with Gasteiger partial charge in [0.15, 0.2) is 8.32 Å². The van der Waals surface area contributed by atoms with Gasteiger partial charge in [0, 0.05) is 18.7 Å². The number of aliphatic hydroxyl groups is 1. The molecule has 0 radical (unpaired) electrons. The maximum Gasteiger partial charge on any atom is 0.412 e. The number of aliphatic hydroxyl groups excluding tert-OH is 1. The molecule has 1 saturated heterocycles. The summed E-state index contributed by atoms with van der Waals surface area (Å²) in [7, 11) is -2.04. The van der Waals surface area contributed by atoms with Crippen LogP contribution in [-0.2, 0) is 15.8 Å². The molecule has 7 heteroatoms. The number of hydrogen-bond acceptors (Lipinski definition) is 4. The molecule has 1 atom stereocenters. The van der Waals surface area contributed by atoms with E-state index < -0.39 is 26.5 Å². The van der Waals surface area contributed by atoms with Crippen LogP contribution in [0.4, 0.5) is 9.18 Å². The van der Waals surface area contributed by atoms with Crippen LogP contribution in [0.5, 0.6) is 0 Å².